The highest BCUT2D eigenvalue weighted by Gasteiger charge is 2.10. The van der Waals surface area contributed by atoms with Crippen LogP contribution in [0.3, 0.4) is 0 Å². The molecule has 0 unspecified atom stereocenters. The van der Waals surface area contributed by atoms with Crippen LogP contribution in [0.5, 0.6) is 0 Å². The van der Waals surface area contributed by atoms with Crippen LogP contribution in [0.2, 0.25) is 0 Å². The van der Waals surface area contributed by atoms with Gasteiger partial charge in [-0.3, -0.25) is 0 Å². The maximum absolute atomic E-state index is 5.64. The summed E-state index contributed by atoms with van der Waals surface area (Å²) in [6.07, 6.45) is 1.55. The predicted molar refractivity (Wildman–Crippen MR) is 53.8 cm³/mol. The maximum Gasteiger partial charge on any atom is 0.249 e. The van der Waals surface area contributed by atoms with Crippen LogP contribution in [0.15, 0.2) is 28.8 Å². The topological polar surface area (TPSA) is 93.6 Å². The summed E-state index contributed by atoms with van der Waals surface area (Å²) in [4.78, 5) is 4.25. The average molecular weight is 201 g/mol. The Morgan fingerprint density at radius 1 is 1.33 bits per heavy atom. The van der Waals surface area contributed by atoms with Crippen molar-refractivity contribution in [2.45, 2.75) is 0 Å². The second-order valence-corrected chi connectivity index (χ2v) is 3.10. The van der Waals surface area contributed by atoms with Crippen LogP contribution < -0.4 is 5.73 Å². The fourth-order valence-electron chi connectivity index (χ4n) is 1.36. The van der Waals surface area contributed by atoms with Gasteiger partial charge >= 0.3 is 0 Å². The number of aromatic amines is 1. The Hall–Kier alpha value is -2.37. The molecule has 0 saturated heterocycles. The number of nitrogens with zero attached hydrogens (tertiary/aromatic N) is 3. The zero-order chi connectivity index (χ0) is 10.3. The van der Waals surface area contributed by atoms with Gasteiger partial charge in [-0.25, -0.2) is 4.98 Å². The summed E-state index contributed by atoms with van der Waals surface area (Å²) in [5, 5.41) is 10.1. The van der Waals surface area contributed by atoms with Crippen molar-refractivity contribution in [3.63, 3.8) is 0 Å². The molecule has 3 rings (SSSR count). The van der Waals surface area contributed by atoms with Gasteiger partial charge in [0.15, 0.2) is 11.3 Å². The van der Waals surface area contributed by atoms with Gasteiger partial charge in [-0.2, -0.15) is 15.4 Å². The van der Waals surface area contributed by atoms with Crippen molar-refractivity contribution >= 4 is 16.8 Å². The lowest BCUT2D eigenvalue weighted by Crippen LogP contribution is -1.82. The number of benzene rings is 1. The quantitative estimate of drug-likeness (QED) is 0.577. The summed E-state index contributed by atoms with van der Waals surface area (Å²) in [5.74, 6) is 0.435. The van der Waals surface area contributed by atoms with E-state index >= 15 is 0 Å². The highest BCUT2D eigenvalue weighted by atomic mass is 16.3. The third-order valence-corrected chi connectivity index (χ3v) is 2.05. The number of nitrogen functional groups attached to an aromatic ring is 1. The van der Waals surface area contributed by atoms with Crippen LogP contribution in [0, 0.1) is 0 Å². The summed E-state index contributed by atoms with van der Waals surface area (Å²) in [6.45, 7) is 0. The van der Waals surface area contributed by atoms with Crippen molar-refractivity contribution < 1.29 is 4.42 Å². The Bertz CT molecular complexity index is 598. The number of hydrogen-bond acceptors (Lipinski definition) is 5. The molecule has 15 heavy (non-hydrogen) atoms. The number of aromatic nitrogens is 4. The van der Waals surface area contributed by atoms with Crippen molar-refractivity contribution in [3.05, 3.63) is 24.4 Å². The molecule has 1 aromatic carbocycles. The van der Waals surface area contributed by atoms with Gasteiger partial charge in [-0.15, -0.1) is 0 Å². The molecule has 0 bridgehead atoms. The van der Waals surface area contributed by atoms with E-state index in [1.54, 1.807) is 24.4 Å². The van der Waals surface area contributed by atoms with Gasteiger partial charge in [0.25, 0.3) is 0 Å². The van der Waals surface area contributed by atoms with E-state index < -0.39 is 0 Å². The Morgan fingerprint density at radius 3 is 3.07 bits per heavy atom. The highest BCUT2D eigenvalue weighted by Crippen LogP contribution is 2.23. The first kappa shape index (κ1) is 7.98. The Labute approximate surface area is 84.1 Å². The SMILES string of the molecule is Nc1ccc2oc(-c3cn[nH]n3)nc2c1. The predicted octanol–water partition coefficient (Wildman–Crippen LogP) is 1.20. The molecule has 0 atom stereocenters. The molecule has 2 heterocycles. The molecule has 0 fully saturated rings. The van der Waals surface area contributed by atoms with E-state index in [2.05, 4.69) is 20.4 Å². The number of hydrogen-bond donors (Lipinski definition) is 2. The Balaban J connectivity index is 2.22. The number of nitrogens with two attached hydrogens (primary N) is 1. The molecule has 0 spiro atoms. The van der Waals surface area contributed by atoms with Crippen molar-refractivity contribution in [3.8, 4) is 11.6 Å². The molecular weight excluding hydrogens is 194 g/mol. The first-order valence-electron chi connectivity index (χ1n) is 4.35. The monoisotopic (exact) mass is 201 g/mol. The molecule has 0 aliphatic carbocycles. The summed E-state index contributed by atoms with van der Waals surface area (Å²) in [6, 6.07) is 5.30. The van der Waals surface area contributed by atoms with Gasteiger partial charge in [0.1, 0.15) is 5.52 Å². The molecular formula is C9H7N5O. The van der Waals surface area contributed by atoms with Crippen LogP contribution in [-0.4, -0.2) is 20.4 Å². The summed E-state index contributed by atoms with van der Waals surface area (Å²) >= 11 is 0. The maximum atomic E-state index is 5.64. The number of oxazole rings is 1. The second-order valence-electron chi connectivity index (χ2n) is 3.10. The summed E-state index contributed by atoms with van der Waals surface area (Å²) < 4.78 is 5.48. The van der Waals surface area contributed by atoms with E-state index in [1.807, 2.05) is 0 Å². The minimum absolute atomic E-state index is 0.435. The fourth-order valence-corrected chi connectivity index (χ4v) is 1.36. The highest BCUT2D eigenvalue weighted by molar-refractivity contribution is 5.78. The van der Waals surface area contributed by atoms with E-state index in [9.17, 15) is 0 Å². The number of nitrogens with one attached hydrogen (secondary N) is 1. The van der Waals surface area contributed by atoms with E-state index in [4.69, 9.17) is 10.2 Å². The molecule has 0 radical (unpaired) electrons. The van der Waals surface area contributed by atoms with Gasteiger partial charge in [-0.05, 0) is 18.2 Å². The standard InChI is InChI=1S/C9H7N5O/c10-5-1-2-8-6(3-5)12-9(15-8)7-4-11-14-13-7/h1-4H,10H2,(H,11,13,14). The van der Waals surface area contributed by atoms with Crippen LogP contribution >= 0.6 is 0 Å². The Kier molecular flexibility index (Phi) is 1.49. The molecule has 0 amide bonds. The fraction of sp³-hybridized carbons (Fsp3) is 0. The van der Waals surface area contributed by atoms with Gasteiger partial charge in [-0.1, -0.05) is 0 Å². The van der Waals surface area contributed by atoms with Gasteiger partial charge in [0.2, 0.25) is 5.89 Å². The van der Waals surface area contributed by atoms with Crippen LogP contribution in [0.4, 0.5) is 5.69 Å². The minimum Gasteiger partial charge on any atom is -0.435 e. The van der Waals surface area contributed by atoms with Crippen LogP contribution in [0.25, 0.3) is 22.7 Å². The first-order valence-corrected chi connectivity index (χ1v) is 4.35. The van der Waals surface area contributed by atoms with E-state index in [0.29, 0.717) is 28.4 Å². The molecule has 0 aliphatic rings. The third-order valence-electron chi connectivity index (χ3n) is 2.05. The number of anilines is 1. The van der Waals surface area contributed by atoms with E-state index in [0.717, 1.165) is 0 Å². The lowest BCUT2D eigenvalue weighted by molar-refractivity contribution is 0.616. The molecule has 6 nitrogen and oxygen atoms in total. The second kappa shape index (κ2) is 2.81. The van der Waals surface area contributed by atoms with E-state index in [-0.39, 0.29) is 0 Å². The molecule has 3 N–H and O–H groups in total. The molecule has 3 aromatic rings. The molecule has 0 aliphatic heterocycles. The zero-order valence-corrected chi connectivity index (χ0v) is 7.64. The van der Waals surface area contributed by atoms with Crippen LogP contribution in [-0.2, 0) is 0 Å². The number of fused-ring (bicyclic) bond motifs is 1. The number of rotatable bonds is 1. The van der Waals surface area contributed by atoms with Gasteiger partial charge < -0.3 is 10.2 Å². The minimum atomic E-state index is 0.435. The van der Waals surface area contributed by atoms with E-state index in [1.165, 1.54) is 0 Å². The van der Waals surface area contributed by atoms with Gasteiger partial charge in [0.05, 0.1) is 6.20 Å². The van der Waals surface area contributed by atoms with Crippen molar-refractivity contribution in [2.24, 2.45) is 0 Å². The van der Waals surface area contributed by atoms with Crippen molar-refractivity contribution in [1.29, 1.82) is 0 Å². The molecule has 2 aromatic heterocycles. The lowest BCUT2D eigenvalue weighted by Gasteiger charge is -1.88. The zero-order valence-electron chi connectivity index (χ0n) is 7.64. The Morgan fingerprint density at radius 2 is 2.27 bits per heavy atom. The molecule has 74 valence electrons. The first-order chi connectivity index (χ1) is 7.33. The largest absolute Gasteiger partial charge is 0.435 e. The average Bonchev–Trinajstić information content (AvgIpc) is 2.84. The van der Waals surface area contributed by atoms with Gasteiger partial charge in [0, 0.05) is 5.69 Å². The molecule has 6 heteroatoms. The molecule has 0 saturated carbocycles. The summed E-state index contributed by atoms with van der Waals surface area (Å²) in [7, 11) is 0. The third kappa shape index (κ3) is 1.23. The lowest BCUT2D eigenvalue weighted by atomic mass is 10.3. The number of H-pyrrole nitrogens is 1. The van der Waals surface area contributed by atoms with Crippen molar-refractivity contribution in [1.82, 2.24) is 20.4 Å². The summed E-state index contributed by atoms with van der Waals surface area (Å²) in [5.41, 5.74) is 8.26. The van der Waals surface area contributed by atoms with Crippen molar-refractivity contribution in [2.75, 3.05) is 5.73 Å². The smallest absolute Gasteiger partial charge is 0.249 e. The normalized spacial score (nSPS) is 10.9. The van der Waals surface area contributed by atoms with Crippen LogP contribution in [0.1, 0.15) is 0 Å².